The van der Waals surface area contributed by atoms with E-state index >= 15 is 0 Å². The van der Waals surface area contributed by atoms with Crippen LogP contribution in [0.25, 0.3) is 0 Å². The van der Waals surface area contributed by atoms with E-state index < -0.39 is 0 Å². The van der Waals surface area contributed by atoms with Crippen LogP contribution in [-0.4, -0.2) is 11.0 Å². The summed E-state index contributed by atoms with van der Waals surface area (Å²) in [7, 11) is 0. The predicted molar refractivity (Wildman–Crippen MR) is 77.7 cm³/mol. The van der Waals surface area contributed by atoms with Crippen molar-refractivity contribution in [1.82, 2.24) is 0 Å². The third kappa shape index (κ3) is 2.17. The molecule has 2 fully saturated rings. The van der Waals surface area contributed by atoms with Gasteiger partial charge >= 0.3 is 0 Å². The first kappa shape index (κ1) is 12.8. The molecule has 0 radical (unpaired) electrons. The van der Waals surface area contributed by atoms with Crippen molar-refractivity contribution >= 4 is 18.4 Å². The molecule has 3 aliphatic rings. The van der Waals surface area contributed by atoms with Crippen LogP contribution < -0.4 is 0 Å². The van der Waals surface area contributed by atoms with Gasteiger partial charge in [-0.15, -0.1) is 0 Å². The van der Waals surface area contributed by atoms with Crippen molar-refractivity contribution in [3.8, 4) is 0 Å². The van der Waals surface area contributed by atoms with Gasteiger partial charge in [0.15, 0.2) is 0 Å². The average Bonchev–Trinajstić information content (AvgIpc) is 2.92. The van der Waals surface area contributed by atoms with Crippen molar-refractivity contribution in [1.29, 1.82) is 0 Å². The Labute approximate surface area is 116 Å². The van der Waals surface area contributed by atoms with Gasteiger partial charge in [0.2, 0.25) is 0 Å². The minimum Gasteiger partial charge on any atom is -0.299 e. The second-order valence-corrected chi connectivity index (χ2v) is 7.24. The molecule has 18 heavy (non-hydrogen) atoms. The van der Waals surface area contributed by atoms with E-state index in [2.05, 4.69) is 31.7 Å². The van der Waals surface area contributed by atoms with Crippen molar-refractivity contribution in [3.63, 3.8) is 0 Å². The zero-order valence-corrected chi connectivity index (χ0v) is 12.1. The maximum atomic E-state index is 12.6. The van der Waals surface area contributed by atoms with Gasteiger partial charge in [0.25, 0.3) is 0 Å². The minimum atomic E-state index is 0.295. The molecule has 0 aromatic carbocycles. The van der Waals surface area contributed by atoms with Gasteiger partial charge in [-0.2, -0.15) is 12.6 Å². The molecule has 2 bridgehead atoms. The number of thiol groups is 1. The van der Waals surface area contributed by atoms with Gasteiger partial charge in [0, 0.05) is 17.6 Å². The maximum Gasteiger partial charge on any atom is 0.137 e. The number of allylic oxidation sites excluding steroid dienone is 1. The first-order valence-corrected chi connectivity index (χ1v) is 8.07. The number of carbonyl (C=O) groups excluding carboxylic acids is 1. The van der Waals surface area contributed by atoms with Gasteiger partial charge in [0.1, 0.15) is 5.78 Å². The van der Waals surface area contributed by atoms with Gasteiger partial charge in [-0.1, -0.05) is 44.8 Å². The van der Waals surface area contributed by atoms with Gasteiger partial charge in [-0.25, -0.2) is 0 Å². The number of hydrogen-bond acceptors (Lipinski definition) is 2. The number of carbonyl (C=O) groups is 1. The van der Waals surface area contributed by atoms with E-state index in [0.717, 1.165) is 6.42 Å². The first-order valence-electron chi connectivity index (χ1n) is 7.56. The summed E-state index contributed by atoms with van der Waals surface area (Å²) in [5.41, 5.74) is 0. The SMILES string of the molecule is C[C@H]1C2CC(C=CC2S)[C@H]1C(=O)CC1CCCC1. The number of Topliss-reactive ketones (excluding diaryl/α,β-unsaturated/α-hetero) is 1. The maximum absolute atomic E-state index is 12.6. The highest BCUT2D eigenvalue weighted by Gasteiger charge is 2.47. The van der Waals surface area contributed by atoms with E-state index in [0.29, 0.717) is 40.6 Å². The van der Waals surface area contributed by atoms with E-state index in [1.807, 2.05) is 0 Å². The first-order chi connectivity index (χ1) is 8.66. The fourth-order valence-corrected chi connectivity index (χ4v) is 5.04. The van der Waals surface area contributed by atoms with Crippen molar-refractivity contribution in [2.45, 2.75) is 50.7 Å². The molecular formula is C16H24OS. The lowest BCUT2D eigenvalue weighted by molar-refractivity contribution is -0.125. The molecule has 2 heteroatoms. The van der Waals surface area contributed by atoms with Crippen molar-refractivity contribution in [3.05, 3.63) is 12.2 Å². The number of fused-ring (bicyclic) bond motifs is 2. The highest BCUT2D eigenvalue weighted by molar-refractivity contribution is 7.81. The molecule has 0 N–H and O–H groups in total. The van der Waals surface area contributed by atoms with Crippen LogP contribution in [0.1, 0.15) is 45.4 Å². The minimum absolute atomic E-state index is 0.295. The molecule has 0 amide bonds. The summed E-state index contributed by atoms with van der Waals surface area (Å²) in [5, 5.41) is 0.375. The number of rotatable bonds is 3. The number of hydrogen-bond donors (Lipinski definition) is 1. The van der Waals surface area contributed by atoms with Crippen LogP contribution in [0.4, 0.5) is 0 Å². The lowest BCUT2D eigenvalue weighted by Gasteiger charge is -2.22. The molecule has 0 aromatic heterocycles. The average molecular weight is 264 g/mol. The van der Waals surface area contributed by atoms with Crippen LogP contribution in [0.5, 0.6) is 0 Å². The summed E-state index contributed by atoms with van der Waals surface area (Å²) in [6.45, 7) is 2.28. The molecule has 5 atom stereocenters. The van der Waals surface area contributed by atoms with Crippen LogP contribution in [-0.2, 0) is 4.79 Å². The van der Waals surface area contributed by atoms with Gasteiger partial charge in [0.05, 0.1) is 0 Å². The zero-order valence-electron chi connectivity index (χ0n) is 11.2. The predicted octanol–water partition coefficient (Wildman–Crippen LogP) is 3.89. The van der Waals surface area contributed by atoms with E-state index in [-0.39, 0.29) is 0 Å². The highest BCUT2D eigenvalue weighted by Crippen LogP contribution is 2.49. The lowest BCUT2D eigenvalue weighted by Crippen LogP contribution is -2.25. The summed E-state index contributed by atoms with van der Waals surface area (Å²) in [4.78, 5) is 12.6. The van der Waals surface area contributed by atoms with Crippen LogP contribution in [0, 0.1) is 29.6 Å². The Balaban J connectivity index is 1.68. The summed E-state index contributed by atoms with van der Waals surface area (Å²) in [5.74, 6) is 3.21. The van der Waals surface area contributed by atoms with Crippen molar-refractivity contribution in [2.24, 2.45) is 29.6 Å². The molecule has 2 saturated carbocycles. The normalized spacial score (nSPS) is 43.6. The Morgan fingerprint density at radius 3 is 2.67 bits per heavy atom. The summed E-state index contributed by atoms with van der Waals surface area (Å²) in [6, 6.07) is 0. The Morgan fingerprint density at radius 1 is 1.28 bits per heavy atom. The summed E-state index contributed by atoms with van der Waals surface area (Å²) < 4.78 is 0. The fourth-order valence-electron chi connectivity index (χ4n) is 4.55. The smallest absolute Gasteiger partial charge is 0.137 e. The van der Waals surface area contributed by atoms with E-state index in [1.54, 1.807) is 0 Å². The van der Waals surface area contributed by atoms with Gasteiger partial charge in [-0.05, 0) is 30.1 Å². The number of ketones is 1. The zero-order chi connectivity index (χ0) is 12.7. The molecule has 0 aromatic rings. The van der Waals surface area contributed by atoms with E-state index in [1.165, 1.54) is 32.1 Å². The van der Waals surface area contributed by atoms with Crippen molar-refractivity contribution < 1.29 is 4.79 Å². The van der Waals surface area contributed by atoms with Crippen LogP contribution in [0.15, 0.2) is 12.2 Å². The molecule has 0 aliphatic heterocycles. The van der Waals surface area contributed by atoms with Crippen molar-refractivity contribution in [2.75, 3.05) is 0 Å². The Bertz CT molecular complexity index is 356. The molecule has 3 aliphatic carbocycles. The Morgan fingerprint density at radius 2 is 2.00 bits per heavy atom. The molecule has 3 unspecified atom stereocenters. The van der Waals surface area contributed by atoms with Crippen LogP contribution >= 0.6 is 12.6 Å². The lowest BCUT2D eigenvalue weighted by atomic mass is 9.82. The van der Waals surface area contributed by atoms with Crippen LogP contribution in [0.2, 0.25) is 0 Å². The molecule has 0 spiro atoms. The summed E-state index contributed by atoms with van der Waals surface area (Å²) >= 11 is 4.65. The second kappa shape index (κ2) is 5.03. The molecule has 0 saturated heterocycles. The van der Waals surface area contributed by atoms with Gasteiger partial charge in [-0.3, -0.25) is 4.79 Å². The van der Waals surface area contributed by atoms with E-state index in [4.69, 9.17) is 0 Å². The topological polar surface area (TPSA) is 17.1 Å². The molecule has 3 rings (SSSR count). The highest BCUT2D eigenvalue weighted by atomic mass is 32.1. The Kier molecular flexibility index (Phi) is 3.57. The molecule has 100 valence electrons. The summed E-state index contributed by atoms with van der Waals surface area (Å²) in [6.07, 6.45) is 11.8. The molecule has 0 heterocycles. The van der Waals surface area contributed by atoms with E-state index in [9.17, 15) is 4.79 Å². The monoisotopic (exact) mass is 264 g/mol. The standard InChI is InChI=1S/C16H24OS/c1-10-13-9-12(6-7-15(13)18)16(10)14(17)8-11-4-2-3-5-11/h6-7,10-13,15-16,18H,2-5,8-9H2,1H3/t10-,12?,13?,15?,16-/m0/s1. The molecular weight excluding hydrogens is 240 g/mol. The van der Waals surface area contributed by atoms with Gasteiger partial charge < -0.3 is 0 Å². The van der Waals surface area contributed by atoms with Crippen LogP contribution in [0.3, 0.4) is 0 Å². The largest absolute Gasteiger partial charge is 0.299 e. The third-order valence-corrected chi connectivity index (χ3v) is 6.13. The Hall–Kier alpha value is -0.240. The second-order valence-electron chi connectivity index (χ2n) is 6.64. The third-order valence-electron chi connectivity index (χ3n) is 5.58. The molecule has 1 nitrogen and oxygen atoms in total. The fraction of sp³-hybridized carbons (Fsp3) is 0.812. The quantitative estimate of drug-likeness (QED) is 0.604.